The Morgan fingerprint density at radius 3 is 2.82 bits per heavy atom. The van der Waals surface area contributed by atoms with Crippen molar-refractivity contribution in [3.63, 3.8) is 0 Å². The van der Waals surface area contributed by atoms with Crippen molar-refractivity contribution < 1.29 is 5.11 Å². The maximum atomic E-state index is 9.60. The first-order chi connectivity index (χ1) is 5.33. The molecular formula is C8H14ClNO. The molecule has 64 valence electrons. The van der Waals surface area contributed by atoms with E-state index in [0.717, 1.165) is 19.5 Å². The molecule has 1 N–H and O–H groups in total. The van der Waals surface area contributed by atoms with Gasteiger partial charge in [-0.2, -0.15) is 0 Å². The molecule has 2 saturated heterocycles. The van der Waals surface area contributed by atoms with Gasteiger partial charge in [0, 0.05) is 18.5 Å². The Balaban J connectivity index is 2.07. The fourth-order valence-corrected chi connectivity index (χ4v) is 2.74. The maximum absolute atomic E-state index is 9.60. The second kappa shape index (κ2) is 2.92. The fraction of sp³-hybridized carbons (Fsp3) is 1.00. The first-order valence-corrected chi connectivity index (χ1v) is 4.84. The Bertz CT molecular complexity index is 153. The van der Waals surface area contributed by atoms with Gasteiger partial charge in [-0.05, 0) is 25.3 Å². The zero-order valence-corrected chi connectivity index (χ0v) is 7.30. The van der Waals surface area contributed by atoms with Crippen LogP contribution < -0.4 is 0 Å². The van der Waals surface area contributed by atoms with E-state index in [4.69, 9.17) is 11.6 Å². The first kappa shape index (κ1) is 7.84. The lowest BCUT2D eigenvalue weighted by Crippen LogP contribution is -2.34. The Morgan fingerprint density at radius 2 is 2.09 bits per heavy atom. The van der Waals surface area contributed by atoms with Crippen molar-refractivity contribution in [3.05, 3.63) is 0 Å². The molecule has 2 aliphatic rings. The van der Waals surface area contributed by atoms with Crippen molar-refractivity contribution in [1.29, 1.82) is 0 Å². The second-order valence-corrected chi connectivity index (χ2v) is 3.89. The minimum Gasteiger partial charge on any atom is -0.391 e. The van der Waals surface area contributed by atoms with Gasteiger partial charge in [-0.25, -0.2) is 0 Å². The van der Waals surface area contributed by atoms with Gasteiger partial charge in [0.25, 0.3) is 0 Å². The van der Waals surface area contributed by atoms with Crippen LogP contribution >= 0.6 is 11.6 Å². The lowest BCUT2D eigenvalue weighted by Gasteiger charge is -2.21. The van der Waals surface area contributed by atoms with E-state index in [1.807, 2.05) is 0 Å². The standard InChI is InChI=1S/C8H14ClNO/c9-5-6-1-3-10-4-2-7(11)8(6)10/h6-8,11H,1-5H2. The third-order valence-electron chi connectivity index (χ3n) is 3.00. The Morgan fingerprint density at radius 1 is 1.36 bits per heavy atom. The fourth-order valence-electron chi connectivity index (χ4n) is 2.41. The molecule has 3 unspecified atom stereocenters. The van der Waals surface area contributed by atoms with Crippen molar-refractivity contribution in [2.24, 2.45) is 5.92 Å². The molecule has 3 atom stereocenters. The highest BCUT2D eigenvalue weighted by molar-refractivity contribution is 6.18. The largest absolute Gasteiger partial charge is 0.391 e. The van der Waals surface area contributed by atoms with Gasteiger partial charge in [0.2, 0.25) is 0 Å². The van der Waals surface area contributed by atoms with Crippen molar-refractivity contribution in [2.45, 2.75) is 25.0 Å². The molecule has 2 nitrogen and oxygen atoms in total. The number of aliphatic hydroxyl groups excluding tert-OH is 1. The van der Waals surface area contributed by atoms with E-state index >= 15 is 0 Å². The van der Waals surface area contributed by atoms with Crippen LogP contribution in [-0.4, -0.2) is 41.1 Å². The van der Waals surface area contributed by atoms with Gasteiger partial charge < -0.3 is 5.11 Å². The smallest absolute Gasteiger partial charge is 0.0710 e. The van der Waals surface area contributed by atoms with Gasteiger partial charge in [0.1, 0.15) is 0 Å². The van der Waals surface area contributed by atoms with Crippen LogP contribution in [0.5, 0.6) is 0 Å². The summed E-state index contributed by atoms with van der Waals surface area (Å²) in [4.78, 5) is 2.37. The van der Waals surface area contributed by atoms with E-state index in [1.54, 1.807) is 0 Å². The summed E-state index contributed by atoms with van der Waals surface area (Å²) in [5, 5.41) is 9.60. The molecule has 11 heavy (non-hydrogen) atoms. The number of fused-ring (bicyclic) bond motifs is 1. The highest BCUT2D eigenvalue weighted by Crippen LogP contribution is 2.33. The van der Waals surface area contributed by atoms with Crippen LogP contribution in [0.3, 0.4) is 0 Å². The summed E-state index contributed by atoms with van der Waals surface area (Å²) in [6.07, 6.45) is 2.00. The Kier molecular flexibility index (Phi) is 2.08. The van der Waals surface area contributed by atoms with Crippen LogP contribution in [0.1, 0.15) is 12.8 Å². The minimum absolute atomic E-state index is 0.110. The van der Waals surface area contributed by atoms with Gasteiger partial charge in [-0.15, -0.1) is 11.6 Å². The molecule has 2 aliphatic heterocycles. The number of rotatable bonds is 1. The summed E-state index contributed by atoms with van der Waals surface area (Å²) in [6.45, 7) is 2.21. The molecule has 0 aromatic heterocycles. The zero-order chi connectivity index (χ0) is 7.84. The van der Waals surface area contributed by atoms with Crippen LogP contribution in [0.15, 0.2) is 0 Å². The number of aliphatic hydroxyl groups is 1. The number of hydrogen-bond donors (Lipinski definition) is 1. The van der Waals surface area contributed by atoms with Gasteiger partial charge in [-0.3, -0.25) is 4.90 Å². The molecule has 2 fully saturated rings. The van der Waals surface area contributed by atoms with Gasteiger partial charge in [0.05, 0.1) is 6.10 Å². The third-order valence-corrected chi connectivity index (χ3v) is 3.39. The van der Waals surface area contributed by atoms with E-state index in [-0.39, 0.29) is 6.10 Å². The van der Waals surface area contributed by atoms with Crippen LogP contribution in [0, 0.1) is 5.92 Å². The molecule has 2 heterocycles. The SMILES string of the molecule is OC1CCN2CCC(CCl)C12. The van der Waals surface area contributed by atoms with E-state index in [9.17, 15) is 5.11 Å². The van der Waals surface area contributed by atoms with Crippen molar-refractivity contribution in [1.82, 2.24) is 4.90 Å². The van der Waals surface area contributed by atoms with E-state index in [1.165, 1.54) is 6.42 Å². The van der Waals surface area contributed by atoms with Gasteiger partial charge in [-0.1, -0.05) is 0 Å². The molecule has 0 aliphatic carbocycles. The predicted octanol–water partition coefficient (Wildman–Crippen LogP) is 0.680. The Labute approximate surface area is 72.1 Å². The molecule has 0 aromatic carbocycles. The normalized spacial score (nSPS) is 44.7. The summed E-state index contributed by atoms with van der Waals surface area (Å²) >= 11 is 5.80. The molecule has 3 heteroatoms. The second-order valence-electron chi connectivity index (χ2n) is 3.59. The van der Waals surface area contributed by atoms with Crippen molar-refractivity contribution in [2.75, 3.05) is 19.0 Å². The zero-order valence-electron chi connectivity index (χ0n) is 6.54. The number of halogens is 1. The van der Waals surface area contributed by atoms with Crippen molar-refractivity contribution >= 4 is 11.6 Å². The molecule has 0 saturated carbocycles. The molecule has 0 aromatic rings. The van der Waals surface area contributed by atoms with Crippen LogP contribution in [0.2, 0.25) is 0 Å². The number of hydrogen-bond acceptors (Lipinski definition) is 2. The topological polar surface area (TPSA) is 23.5 Å². The monoisotopic (exact) mass is 175 g/mol. The van der Waals surface area contributed by atoms with E-state index < -0.39 is 0 Å². The molecule has 0 bridgehead atoms. The molecule has 0 radical (unpaired) electrons. The van der Waals surface area contributed by atoms with Gasteiger partial charge in [0.15, 0.2) is 0 Å². The lowest BCUT2D eigenvalue weighted by molar-refractivity contribution is 0.118. The van der Waals surface area contributed by atoms with Crippen LogP contribution in [0.25, 0.3) is 0 Å². The molecule has 0 amide bonds. The van der Waals surface area contributed by atoms with Crippen LogP contribution in [0.4, 0.5) is 0 Å². The number of alkyl halides is 1. The summed E-state index contributed by atoms with van der Waals surface area (Å²) in [5.41, 5.74) is 0. The summed E-state index contributed by atoms with van der Waals surface area (Å²) < 4.78 is 0. The third kappa shape index (κ3) is 1.17. The Hall–Kier alpha value is 0.210. The molecular weight excluding hydrogens is 162 g/mol. The lowest BCUT2D eigenvalue weighted by atomic mass is 9.99. The maximum Gasteiger partial charge on any atom is 0.0710 e. The van der Waals surface area contributed by atoms with Crippen molar-refractivity contribution in [3.8, 4) is 0 Å². The highest BCUT2D eigenvalue weighted by Gasteiger charge is 2.42. The quantitative estimate of drug-likeness (QED) is 0.593. The summed E-state index contributed by atoms with van der Waals surface area (Å²) in [5.74, 6) is 1.24. The summed E-state index contributed by atoms with van der Waals surface area (Å²) in [7, 11) is 0. The van der Waals surface area contributed by atoms with E-state index in [0.29, 0.717) is 17.8 Å². The first-order valence-electron chi connectivity index (χ1n) is 4.31. The van der Waals surface area contributed by atoms with E-state index in [2.05, 4.69) is 4.90 Å². The predicted molar refractivity (Wildman–Crippen MR) is 44.8 cm³/mol. The highest BCUT2D eigenvalue weighted by atomic mass is 35.5. The number of nitrogens with zero attached hydrogens (tertiary/aromatic N) is 1. The average molecular weight is 176 g/mol. The van der Waals surface area contributed by atoms with Crippen LogP contribution in [-0.2, 0) is 0 Å². The summed E-state index contributed by atoms with van der Waals surface area (Å²) in [6, 6.07) is 0.382. The van der Waals surface area contributed by atoms with Gasteiger partial charge >= 0.3 is 0 Å². The molecule has 2 rings (SSSR count). The molecule has 0 spiro atoms. The minimum atomic E-state index is -0.110. The average Bonchev–Trinajstić information content (AvgIpc) is 2.54.